The number of hydrogen-bond donors (Lipinski definition) is 1. The largest absolute Gasteiger partial charge is 0.327 e. The Bertz CT molecular complexity index is 631. The maximum absolute atomic E-state index is 13.5. The molecule has 110 valence electrons. The fourth-order valence-corrected chi connectivity index (χ4v) is 2.29. The predicted octanol–water partition coefficient (Wildman–Crippen LogP) is 3.24. The summed E-state index contributed by atoms with van der Waals surface area (Å²) in [6.45, 7) is 0. The minimum absolute atomic E-state index is 0.107. The molecule has 5 heteroatoms. The molecule has 2 rings (SSSR count). The summed E-state index contributed by atoms with van der Waals surface area (Å²) in [5.41, 5.74) is 7.35. The lowest BCUT2D eigenvalue weighted by Crippen LogP contribution is -2.24. The van der Waals surface area contributed by atoms with E-state index in [4.69, 9.17) is 5.73 Å². The third-order valence-electron chi connectivity index (χ3n) is 3.41. The number of hydrogen-bond acceptors (Lipinski definition) is 3. The van der Waals surface area contributed by atoms with Crippen LogP contribution in [0.4, 0.5) is 10.1 Å². The molecule has 1 unspecified atom stereocenters. The first kappa shape index (κ1) is 15.1. The topological polar surface area (TPSA) is 69.2 Å². The van der Waals surface area contributed by atoms with Gasteiger partial charge in [0.1, 0.15) is 5.82 Å². The van der Waals surface area contributed by atoms with Crippen LogP contribution in [-0.2, 0) is 12.8 Å². The number of nitro groups is 1. The second kappa shape index (κ2) is 6.95. The molecule has 0 fully saturated rings. The summed E-state index contributed by atoms with van der Waals surface area (Å²) >= 11 is 0. The lowest BCUT2D eigenvalue weighted by molar-refractivity contribution is -0.385. The van der Waals surface area contributed by atoms with Gasteiger partial charge in [0.15, 0.2) is 0 Å². The van der Waals surface area contributed by atoms with Crippen molar-refractivity contribution in [1.82, 2.24) is 0 Å². The van der Waals surface area contributed by atoms with Gasteiger partial charge >= 0.3 is 0 Å². The molecule has 0 heterocycles. The summed E-state index contributed by atoms with van der Waals surface area (Å²) < 4.78 is 13.5. The van der Waals surface area contributed by atoms with Crippen molar-refractivity contribution in [3.8, 4) is 0 Å². The van der Waals surface area contributed by atoms with Crippen molar-refractivity contribution in [2.75, 3.05) is 0 Å². The predicted molar refractivity (Wildman–Crippen MR) is 79.5 cm³/mol. The third-order valence-corrected chi connectivity index (χ3v) is 3.41. The van der Waals surface area contributed by atoms with Crippen LogP contribution in [0.15, 0.2) is 48.5 Å². The monoisotopic (exact) mass is 288 g/mol. The molecule has 0 radical (unpaired) electrons. The third kappa shape index (κ3) is 4.10. The Balaban J connectivity index is 1.97. The van der Waals surface area contributed by atoms with Crippen molar-refractivity contribution < 1.29 is 9.31 Å². The molecule has 0 aliphatic rings. The Labute approximate surface area is 122 Å². The van der Waals surface area contributed by atoms with Gasteiger partial charge in [-0.2, -0.15) is 0 Å². The Hall–Kier alpha value is -2.27. The van der Waals surface area contributed by atoms with Gasteiger partial charge in [-0.1, -0.05) is 36.4 Å². The van der Waals surface area contributed by atoms with Crippen LogP contribution in [0.3, 0.4) is 0 Å². The molecule has 2 aromatic carbocycles. The van der Waals surface area contributed by atoms with Gasteiger partial charge in [0.25, 0.3) is 5.69 Å². The molecule has 21 heavy (non-hydrogen) atoms. The zero-order valence-electron chi connectivity index (χ0n) is 11.5. The van der Waals surface area contributed by atoms with E-state index in [1.165, 1.54) is 12.1 Å². The van der Waals surface area contributed by atoms with Crippen molar-refractivity contribution in [2.45, 2.75) is 25.3 Å². The van der Waals surface area contributed by atoms with Gasteiger partial charge in [-0.3, -0.25) is 10.1 Å². The Morgan fingerprint density at radius 2 is 1.71 bits per heavy atom. The van der Waals surface area contributed by atoms with E-state index in [2.05, 4.69) is 0 Å². The van der Waals surface area contributed by atoms with Gasteiger partial charge in [-0.05, 0) is 30.9 Å². The maximum Gasteiger partial charge on any atom is 0.272 e. The first-order valence-corrected chi connectivity index (χ1v) is 6.79. The van der Waals surface area contributed by atoms with E-state index in [0.717, 1.165) is 0 Å². The molecule has 0 saturated heterocycles. The van der Waals surface area contributed by atoms with Gasteiger partial charge in [-0.15, -0.1) is 0 Å². The summed E-state index contributed by atoms with van der Waals surface area (Å²) in [6.07, 6.45) is 1.50. The molecule has 1 atom stereocenters. The molecule has 0 aliphatic heterocycles. The second-order valence-electron chi connectivity index (χ2n) is 4.98. The van der Waals surface area contributed by atoms with Crippen LogP contribution in [0.2, 0.25) is 0 Å². The highest BCUT2D eigenvalue weighted by molar-refractivity contribution is 5.39. The van der Waals surface area contributed by atoms with E-state index >= 15 is 0 Å². The molecule has 4 nitrogen and oxygen atoms in total. The van der Waals surface area contributed by atoms with E-state index < -0.39 is 4.92 Å². The van der Waals surface area contributed by atoms with Gasteiger partial charge in [0.2, 0.25) is 0 Å². The first-order chi connectivity index (χ1) is 10.1. The highest BCUT2D eigenvalue weighted by Gasteiger charge is 2.14. The minimum atomic E-state index is -0.391. The first-order valence-electron chi connectivity index (χ1n) is 6.79. The maximum atomic E-state index is 13.5. The zero-order valence-corrected chi connectivity index (χ0v) is 11.5. The molecular weight excluding hydrogens is 271 g/mol. The van der Waals surface area contributed by atoms with Crippen molar-refractivity contribution >= 4 is 5.69 Å². The molecule has 0 spiro atoms. The molecule has 0 aliphatic carbocycles. The van der Waals surface area contributed by atoms with Crippen molar-refractivity contribution in [1.29, 1.82) is 0 Å². The fourth-order valence-electron chi connectivity index (χ4n) is 2.29. The molecular formula is C16H17FN2O2. The van der Waals surface area contributed by atoms with Crippen LogP contribution in [0, 0.1) is 15.9 Å². The quantitative estimate of drug-likeness (QED) is 0.655. The van der Waals surface area contributed by atoms with Crippen molar-refractivity contribution in [3.05, 3.63) is 75.6 Å². The van der Waals surface area contributed by atoms with E-state index in [0.29, 0.717) is 30.4 Å². The number of rotatable bonds is 6. The summed E-state index contributed by atoms with van der Waals surface area (Å²) in [5.74, 6) is -0.265. The average Bonchev–Trinajstić information content (AvgIpc) is 2.48. The number of nitrogens with two attached hydrogens (primary N) is 1. The van der Waals surface area contributed by atoms with E-state index in [-0.39, 0.29) is 17.5 Å². The van der Waals surface area contributed by atoms with Crippen molar-refractivity contribution in [2.24, 2.45) is 5.73 Å². The number of nitrogens with zero attached hydrogens (tertiary/aromatic N) is 1. The summed E-state index contributed by atoms with van der Waals surface area (Å²) in [7, 11) is 0. The molecule has 2 aromatic rings. The smallest absolute Gasteiger partial charge is 0.272 e. The highest BCUT2D eigenvalue weighted by Crippen LogP contribution is 2.20. The SMILES string of the molecule is NC(CCc1ccccc1[N+](=O)[O-])Cc1ccccc1F. The average molecular weight is 288 g/mol. The lowest BCUT2D eigenvalue weighted by Gasteiger charge is -2.12. The van der Waals surface area contributed by atoms with Gasteiger partial charge in [0, 0.05) is 17.7 Å². The molecule has 2 N–H and O–H groups in total. The number of halogens is 1. The minimum Gasteiger partial charge on any atom is -0.327 e. The van der Waals surface area contributed by atoms with Crippen molar-refractivity contribution in [3.63, 3.8) is 0 Å². The van der Waals surface area contributed by atoms with Crippen LogP contribution >= 0.6 is 0 Å². The van der Waals surface area contributed by atoms with Gasteiger partial charge < -0.3 is 5.73 Å². The molecule has 0 aromatic heterocycles. The summed E-state index contributed by atoms with van der Waals surface area (Å²) in [5, 5.41) is 10.9. The summed E-state index contributed by atoms with van der Waals surface area (Å²) in [4.78, 5) is 10.5. The van der Waals surface area contributed by atoms with Crippen LogP contribution < -0.4 is 5.73 Å². The normalized spacial score (nSPS) is 12.1. The van der Waals surface area contributed by atoms with E-state index in [1.54, 1.807) is 36.4 Å². The second-order valence-corrected chi connectivity index (χ2v) is 4.98. The van der Waals surface area contributed by atoms with Crippen LogP contribution in [0.1, 0.15) is 17.5 Å². The Morgan fingerprint density at radius 1 is 1.10 bits per heavy atom. The zero-order chi connectivity index (χ0) is 15.2. The number of para-hydroxylation sites is 1. The fraction of sp³-hybridized carbons (Fsp3) is 0.250. The highest BCUT2D eigenvalue weighted by atomic mass is 19.1. The lowest BCUT2D eigenvalue weighted by atomic mass is 9.99. The molecule has 0 bridgehead atoms. The van der Waals surface area contributed by atoms with Gasteiger partial charge in [-0.25, -0.2) is 4.39 Å². The van der Waals surface area contributed by atoms with Crippen LogP contribution in [0.25, 0.3) is 0 Å². The van der Waals surface area contributed by atoms with Crippen LogP contribution in [-0.4, -0.2) is 11.0 Å². The number of aryl methyl sites for hydroxylation is 1. The van der Waals surface area contributed by atoms with Crippen LogP contribution in [0.5, 0.6) is 0 Å². The standard InChI is InChI=1S/C16H17FN2O2/c17-15-7-3-1-6-13(15)11-14(18)10-9-12-5-2-4-8-16(12)19(20)21/h1-8,14H,9-11,18H2. The number of nitro benzene ring substituents is 1. The summed E-state index contributed by atoms with van der Waals surface area (Å²) in [6, 6.07) is 12.9. The molecule has 0 amide bonds. The Kier molecular flexibility index (Phi) is 5.00. The molecule has 0 saturated carbocycles. The van der Waals surface area contributed by atoms with E-state index in [1.807, 2.05) is 0 Å². The Morgan fingerprint density at radius 3 is 2.38 bits per heavy atom. The van der Waals surface area contributed by atoms with E-state index in [9.17, 15) is 14.5 Å². The van der Waals surface area contributed by atoms with Gasteiger partial charge in [0.05, 0.1) is 4.92 Å². The number of benzene rings is 2.